The maximum absolute atomic E-state index is 5.82. The summed E-state index contributed by atoms with van der Waals surface area (Å²) in [7, 11) is 0. The van der Waals surface area contributed by atoms with Crippen molar-refractivity contribution >= 4 is 5.95 Å². The molecule has 2 N–H and O–H groups in total. The Hall–Kier alpha value is -2.17. The van der Waals surface area contributed by atoms with Crippen LogP contribution in [0.25, 0.3) is 0 Å². The highest BCUT2D eigenvalue weighted by atomic mass is 16.6. The van der Waals surface area contributed by atoms with Crippen LogP contribution in [-0.4, -0.2) is 22.8 Å². The number of hydrogen-bond acceptors (Lipinski definition) is 4. The fourth-order valence-electron chi connectivity index (χ4n) is 2.24. The van der Waals surface area contributed by atoms with E-state index in [4.69, 9.17) is 15.2 Å². The largest absolute Gasteiger partial charge is 0.486 e. The minimum absolute atomic E-state index is 0.565. The molecule has 1 aromatic heterocycles. The highest BCUT2D eigenvalue weighted by Gasteiger charge is 2.11. The Kier molecular flexibility index (Phi) is 3.03. The third-order valence-corrected chi connectivity index (χ3v) is 3.18. The molecule has 1 aromatic carbocycles. The monoisotopic (exact) mass is 259 g/mol. The molecule has 0 saturated carbocycles. The lowest BCUT2D eigenvalue weighted by molar-refractivity contribution is 0.171. The van der Waals surface area contributed by atoms with Gasteiger partial charge < -0.3 is 19.8 Å². The van der Waals surface area contributed by atoms with Crippen LogP contribution < -0.4 is 15.2 Å². The number of benzene rings is 1. The number of hydrogen-bond donors (Lipinski definition) is 1. The van der Waals surface area contributed by atoms with Crippen molar-refractivity contribution in [2.24, 2.45) is 0 Å². The molecule has 0 fully saturated rings. The van der Waals surface area contributed by atoms with Crippen LogP contribution in [0.3, 0.4) is 0 Å². The first-order valence-electron chi connectivity index (χ1n) is 6.40. The van der Waals surface area contributed by atoms with Crippen LogP contribution in [0.4, 0.5) is 5.95 Å². The van der Waals surface area contributed by atoms with Gasteiger partial charge in [-0.25, -0.2) is 4.98 Å². The van der Waals surface area contributed by atoms with Crippen LogP contribution in [0, 0.1) is 6.92 Å². The Balaban J connectivity index is 1.71. The van der Waals surface area contributed by atoms with E-state index in [-0.39, 0.29) is 0 Å². The molecule has 100 valence electrons. The van der Waals surface area contributed by atoms with Crippen LogP contribution in [-0.2, 0) is 13.0 Å². The molecule has 0 saturated heterocycles. The van der Waals surface area contributed by atoms with Gasteiger partial charge in [0.25, 0.3) is 0 Å². The smallest absolute Gasteiger partial charge is 0.200 e. The van der Waals surface area contributed by atoms with Crippen LogP contribution >= 0.6 is 0 Å². The third-order valence-electron chi connectivity index (χ3n) is 3.18. The average Bonchev–Trinajstić information content (AvgIpc) is 2.74. The van der Waals surface area contributed by atoms with Crippen molar-refractivity contribution in [2.45, 2.75) is 19.9 Å². The molecule has 0 radical (unpaired) electrons. The Labute approximate surface area is 112 Å². The second-order valence-electron chi connectivity index (χ2n) is 4.66. The van der Waals surface area contributed by atoms with E-state index in [2.05, 4.69) is 11.1 Å². The topological polar surface area (TPSA) is 62.3 Å². The maximum atomic E-state index is 5.82. The summed E-state index contributed by atoms with van der Waals surface area (Å²) in [4.78, 5) is 4.19. The van der Waals surface area contributed by atoms with E-state index in [1.807, 2.05) is 29.8 Å². The van der Waals surface area contributed by atoms with Gasteiger partial charge in [-0.3, -0.25) is 0 Å². The lowest BCUT2D eigenvalue weighted by Crippen LogP contribution is -2.15. The summed E-state index contributed by atoms with van der Waals surface area (Å²) in [6.45, 7) is 3.99. The molecule has 2 heterocycles. The minimum atomic E-state index is 0.565. The number of nitrogens with zero attached hydrogens (tertiary/aromatic N) is 2. The molecule has 1 aliphatic rings. The van der Waals surface area contributed by atoms with Crippen molar-refractivity contribution in [3.05, 3.63) is 35.7 Å². The quantitative estimate of drug-likeness (QED) is 0.912. The zero-order valence-electron chi connectivity index (χ0n) is 10.9. The molecule has 0 unspecified atom stereocenters. The standard InChI is InChI=1S/C14H17N3O2/c1-10-9-17(14(15)16-10)5-4-11-2-3-12-13(8-11)19-7-6-18-12/h2-3,8-9H,4-7H2,1H3,(H2,15,16). The van der Waals surface area contributed by atoms with Gasteiger partial charge in [-0.1, -0.05) is 6.07 Å². The number of aromatic nitrogens is 2. The van der Waals surface area contributed by atoms with Crippen LogP contribution in [0.1, 0.15) is 11.3 Å². The highest BCUT2D eigenvalue weighted by molar-refractivity contribution is 5.43. The van der Waals surface area contributed by atoms with Gasteiger partial charge in [0.05, 0.1) is 5.69 Å². The Bertz CT molecular complexity index is 592. The van der Waals surface area contributed by atoms with Crippen LogP contribution in [0.2, 0.25) is 0 Å². The second-order valence-corrected chi connectivity index (χ2v) is 4.66. The van der Waals surface area contributed by atoms with E-state index in [9.17, 15) is 0 Å². The minimum Gasteiger partial charge on any atom is -0.486 e. The molecule has 5 nitrogen and oxygen atoms in total. The first-order chi connectivity index (χ1) is 9.22. The molecular weight excluding hydrogens is 242 g/mol. The summed E-state index contributed by atoms with van der Waals surface area (Å²) >= 11 is 0. The lowest BCUT2D eigenvalue weighted by Gasteiger charge is -2.18. The molecule has 3 rings (SSSR count). The Morgan fingerprint density at radius 3 is 2.79 bits per heavy atom. The normalized spacial score (nSPS) is 13.5. The van der Waals surface area contributed by atoms with E-state index in [0.29, 0.717) is 19.2 Å². The second kappa shape index (κ2) is 4.84. The van der Waals surface area contributed by atoms with Crippen molar-refractivity contribution in [1.29, 1.82) is 0 Å². The van der Waals surface area contributed by atoms with Crippen molar-refractivity contribution in [3.8, 4) is 11.5 Å². The molecule has 0 spiro atoms. The first kappa shape index (κ1) is 11.9. The van der Waals surface area contributed by atoms with Crippen molar-refractivity contribution < 1.29 is 9.47 Å². The fraction of sp³-hybridized carbons (Fsp3) is 0.357. The number of fused-ring (bicyclic) bond motifs is 1. The van der Waals surface area contributed by atoms with E-state index in [1.54, 1.807) is 0 Å². The number of imidazole rings is 1. The van der Waals surface area contributed by atoms with E-state index in [1.165, 1.54) is 5.56 Å². The number of nitrogen functional groups attached to an aromatic ring is 1. The summed E-state index contributed by atoms with van der Waals surface area (Å²) < 4.78 is 13.0. The molecule has 0 atom stereocenters. The van der Waals surface area contributed by atoms with Gasteiger partial charge in [-0.05, 0) is 31.0 Å². The van der Waals surface area contributed by atoms with Gasteiger partial charge in [0.1, 0.15) is 13.2 Å². The zero-order valence-corrected chi connectivity index (χ0v) is 10.9. The fourth-order valence-corrected chi connectivity index (χ4v) is 2.24. The molecule has 0 aliphatic carbocycles. The number of rotatable bonds is 3. The average molecular weight is 259 g/mol. The lowest BCUT2D eigenvalue weighted by atomic mass is 10.1. The number of aryl methyl sites for hydroxylation is 3. The molecule has 5 heteroatoms. The molecule has 2 aromatic rings. The number of ether oxygens (including phenoxy) is 2. The summed E-state index contributed by atoms with van der Waals surface area (Å²) in [5.41, 5.74) is 7.97. The molecule has 0 amide bonds. The zero-order chi connectivity index (χ0) is 13.2. The number of nitrogens with two attached hydrogens (primary N) is 1. The van der Waals surface area contributed by atoms with E-state index >= 15 is 0 Å². The molecule has 0 bridgehead atoms. The first-order valence-corrected chi connectivity index (χ1v) is 6.40. The Morgan fingerprint density at radius 2 is 2.05 bits per heavy atom. The van der Waals surface area contributed by atoms with Gasteiger partial charge >= 0.3 is 0 Å². The van der Waals surface area contributed by atoms with Gasteiger partial charge in [0.15, 0.2) is 17.4 Å². The summed E-state index contributed by atoms with van der Waals surface area (Å²) in [5, 5.41) is 0. The van der Waals surface area contributed by atoms with E-state index in [0.717, 1.165) is 30.2 Å². The maximum Gasteiger partial charge on any atom is 0.200 e. The van der Waals surface area contributed by atoms with Crippen molar-refractivity contribution in [1.82, 2.24) is 9.55 Å². The van der Waals surface area contributed by atoms with Gasteiger partial charge in [0.2, 0.25) is 0 Å². The van der Waals surface area contributed by atoms with Gasteiger partial charge in [0, 0.05) is 12.7 Å². The van der Waals surface area contributed by atoms with Crippen molar-refractivity contribution in [2.75, 3.05) is 18.9 Å². The predicted molar refractivity (Wildman–Crippen MR) is 72.5 cm³/mol. The molecule has 1 aliphatic heterocycles. The predicted octanol–water partition coefficient (Wildman–Crippen LogP) is 1.79. The van der Waals surface area contributed by atoms with Gasteiger partial charge in [-0.15, -0.1) is 0 Å². The molecule has 19 heavy (non-hydrogen) atoms. The van der Waals surface area contributed by atoms with Crippen molar-refractivity contribution in [3.63, 3.8) is 0 Å². The Morgan fingerprint density at radius 1 is 1.26 bits per heavy atom. The SMILES string of the molecule is Cc1cn(CCc2ccc3c(c2)OCCO3)c(N)n1. The number of anilines is 1. The summed E-state index contributed by atoms with van der Waals surface area (Å²) in [6, 6.07) is 6.06. The van der Waals surface area contributed by atoms with Crippen LogP contribution in [0.15, 0.2) is 24.4 Å². The summed E-state index contributed by atoms with van der Waals surface area (Å²) in [5.74, 6) is 2.22. The summed E-state index contributed by atoms with van der Waals surface area (Å²) in [6.07, 6.45) is 2.85. The third kappa shape index (κ3) is 2.50. The van der Waals surface area contributed by atoms with E-state index < -0.39 is 0 Å². The molecular formula is C14H17N3O2. The van der Waals surface area contributed by atoms with Gasteiger partial charge in [-0.2, -0.15) is 0 Å². The van der Waals surface area contributed by atoms with Crippen LogP contribution in [0.5, 0.6) is 11.5 Å². The highest BCUT2D eigenvalue weighted by Crippen LogP contribution is 2.30.